The second kappa shape index (κ2) is 10.7. The first-order chi connectivity index (χ1) is 17.5. The van der Waals surface area contributed by atoms with Crippen molar-refractivity contribution in [2.24, 2.45) is 0 Å². The van der Waals surface area contributed by atoms with Crippen molar-refractivity contribution in [3.8, 4) is 11.3 Å². The molecule has 1 aliphatic rings. The van der Waals surface area contributed by atoms with Gasteiger partial charge in [-0.25, -0.2) is 19.3 Å². The number of aromatic nitrogens is 3. The van der Waals surface area contributed by atoms with Crippen molar-refractivity contribution < 1.29 is 8.87 Å². The minimum absolute atomic E-state index is 0.103. The molecule has 2 aromatic heterocycles. The fourth-order valence-corrected chi connectivity index (χ4v) is 4.55. The Hall–Kier alpha value is -3.43. The summed E-state index contributed by atoms with van der Waals surface area (Å²) in [4.78, 5) is 18.0. The van der Waals surface area contributed by atoms with Crippen molar-refractivity contribution in [3.63, 3.8) is 0 Å². The van der Waals surface area contributed by atoms with Crippen LogP contribution in [-0.4, -0.2) is 56.3 Å². The van der Waals surface area contributed by atoms with Crippen LogP contribution in [0.3, 0.4) is 0 Å². The summed E-state index contributed by atoms with van der Waals surface area (Å²) >= 11 is 11.5. The first-order valence-electron chi connectivity index (χ1n) is 11.5. The lowest BCUT2D eigenvalue weighted by Crippen LogP contribution is -2.51. The highest BCUT2D eigenvalue weighted by atomic mass is 35.5. The fraction of sp³-hybridized carbons (Fsp3) is 0.231. The van der Waals surface area contributed by atoms with Gasteiger partial charge in [-0.3, -0.25) is 0 Å². The first-order valence-corrected chi connectivity index (χ1v) is 12.5. The summed E-state index contributed by atoms with van der Waals surface area (Å²) < 4.78 is 28.2. The summed E-state index contributed by atoms with van der Waals surface area (Å²) in [6.07, 6.45) is 0. The van der Waals surface area contributed by atoms with Crippen molar-refractivity contribution in [3.05, 3.63) is 83.9 Å². The zero-order valence-corrected chi connectivity index (χ0v) is 20.9. The van der Waals surface area contributed by atoms with Crippen molar-refractivity contribution in [2.45, 2.75) is 12.4 Å². The summed E-state index contributed by atoms with van der Waals surface area (Å²) in [5.74, 6) is 1.04. The molecular formula is C26H23ClF2N6S. The Kier molecular flexibility index (Phi) is 7.20. The van der Waals surface area contributed by atoms with Crippen LogP contribution in [-0.2, 0) is 12.4 Å². The minimum atomic E-state index is -0.304. The monoisotopic (exact) mass is 524 g/mol. The second-order valence-electron chi connectivity index (χ2n) is 8.43. The topological polar surface area (TPSA) is 48.4 Å². The molecule has 0 radical (unpaired) electrons. The third-order valence-electron chi connectivity index (χ3n) is 6.05. The van der Waals surface area contributed by atoms with Gasteiger partial charge in [0, 0.05) is 31.7 Å². The highest BCUT2D eigenvalue weighted by molar-refractivity contribution is 7.80. The molecule has 0 unspecified atom stereocenters. The zero-order chi connectivity index (χ0) is 25.1. The highest BCUT2D eigenvalue weighted by Gasteiger charge is 2.25. The van der Waals surface area contributed by atoms with E-state index in [-0.39, 0.29) is 23.4 Å². The number of benzene rings is 2. The molecule has 6 nitrogen and oxygen atoms in total. The molecule has 0 atom stereocenters. The van der Waals surface area contributed by atoms with Gasteiger partial charge in [0.2, 0.25) is 5.11 Å². The molecule has 5 rings (SSSR count). The van der Waals surface area contributed by atoms with Crippen molar-refractivity contribution >= 4 is 45.8 Å². The van der Waals surface area contributed by atoms with E-state index < -0.39 is 0 Å². The summed E-state index contributed by atoms with van der Waals surface area (Å²) in [5.41, 5.74) is 3.65. The standard InChI is InChI=1S/C26H23ClF2N6S/c27-16-23-30-22-11-10-21(19-6-8-20(28)9-7-19)31-24(22)25(32-23)33-12-14-34(15-13-33)26(36)35(29)17-18-4-2-1-3-5-18/h1-11H,12-17H2. The number of fused-ring (bicyclic) bond motifs is 1. The number of hydrogen-bond acceptors (Lipinski definition) is 5. The van der Waals surface area contributed by atoms with E-state index in [0.29, 0.717) is 59.7 Å². The molecule has 0 saturated carbocycles. The molecule has 0 amide bonds. The lowest BCUT2D eigenvalue weighted by Gasteiger charge is -2.37. The quantitative estimate of drug-likeness (QED) is 0.198. The molecule has 1 aliphatic heterocycles. The molecule has 0 spiro atoms. The van der Waals surface area contributed by atoms with E-state index in [1.807, 2.05) is 47.4 Å². The SMILES string of the molecule is Fc1ccc(-c2ccc3nc(CCl)nc(N4CCN(C(=S)N(F)Cc5ccccc5)CC4)c3n2)cc1. The molecular weight excluding hydrogens is 502 g/mol. The van der Waals surface area contributed by atoms with E-state index in [4.69, 9.17) is 28.8 Å². The number of pyridine rings is 1. The zero-order valence-electron chi connectivity index (χ0n) is 19.3. The van der Waals surface area contributed by atoms with Gasteiger partial charge in [-0.05, 0) is 54.2 Å². The third-order valence-corrected chi connectivity index (χ3v) is 6.75. The Labute approximate surface area is 218 Å². The fourth-order valence-electron chi connectivity index (χ4n) is 4.18. The van der Waals surface area contributed by atoms with Crippen LogP contribution < -0.4 is 4.90 Å². The number of alkyl halides is 1. The lowest BCUT2D eigenvalue weighted by atomic mass is 10.1. The van der Waals surface area contributed by atoms with Gasteiger partial charge in [0.15, 0.2) is 5.82 Å². The van der Waals surface area contributed by atoms with E-state index in [1.165, 1.54) is 12.1 Å². The Bertz CT molecular complexity index is 1360. The first kappa shape index (κ1) is 24.3. The average Bonchev–Trinajstić information content (AvgIpc) is 2.93. The highest BCUT2D eigenvalue weighted by Crippen LogP contribution is 2.28. The predicted octanol–water partition coefficient (Wildman–Crippen LogP) is 5.36. The normalized spacial score (nSPS) is 13.8. The van der Waals surface area contributed by atoms with Crippen molar-refractivity contribution in [1.29, 1.82) is 0 Å². The van der Waals surface area contributed by atoms with Gasteiger partial charge in [-0.1, -0.05) is 34.8 Å². The maximum Gasteiger partial charge on any atom is 0.200 e. The maximum atomic E-state index is 14.8. The van der Waals surface area contributed by atoms with Crippen molar-refractivity contribution in [1.82, 2.24) is 25.0 Å². The molecule has 0 bridgehead atoms. The van der Waals surface area contributed by atoms with E-state index in [1.54, 1.807) is 12.1 Å². The molecule has 36 heavy (non-hydrogen) atoms. The Morgan fingerprint density at radius 1 is 0.917 bits per heavy atom. The van der Waals surface area contributed by atoms with Gasteiger partial charge >= 0.3 is 0 Å². The molecule has 3 heterocycles. The number of halogens is 3. The Balaban J connectivity index is 1.36. The Morgan fingerprint density at radius 3 is 2.33 bits per heavy atom. The average molecular weight is 525 g/mol. The summed E-state index contributed by atoms with van der Waals surface area (Å²) in [5, 5.41) is 0.784. The molecule has 2 aromatic carbocycles. The van der Waals surface area contributed by atoms with Crippen LogP contribution in [0.4, 0.5) is 14.7 Å². The molecule has 1 fully saturated rings. The van der Waals surface area contributed by atoms with Gasteiger partial charge in [0.05, 0.1) is 23.6 Å². The van der Waals surface area contributed by atoms with Gasteiger partial charge in [-0.15, -0.1) is 11.6 Å². The van der Waals surface area contributed by atoms with E-state index in [2.05, 4.69) is 14.9 Å². The molecule has 0 aliphatic carbocycles. The largest absolute Gasteiger partial charge is 0.351 e. The second-order valence-corrected chi connectivity index (χ2v) is 9.06. The Morgan fingerprint density at radius 2 is 1.64 bits per heavy atom. The van der Waals surface area contributed by atoms with Crippen LogP contribution in [0.2, 0.25) is 0 Å². The van der Waals surface area contributed by atoms with Crippen LogP contribution in [0.5, 0.6) is 0 Å². The van der Waals surface area contributed by atoms with Gasteiger partial charge in [0.25, 0.3) is 0 Å². The van der Waals surface area contributed by atoms with Gasteiger partial charge in [-0.2, -0.15) is 5.12 Å². The minimum Gasteiger partial charge on any atom is -0.351 e. The van der Waals surface area contributed by atoms with Crippen LogP contribution in [0.1, 0.15) is 11.4 Å². The van der Waals surface area contributed by atoms with E-state index in [9.17, 15) is 8.87 Å². The maximum absolute atomic E-state index is 14.8. The number of thiocarbonyl (C=S) groups is 1. The number of nitrogens with zero attached hydrogens (tertiary/aromatic N) is 6. The summed E-state index contributed by atoms with van der Waals surface area (Å²) in [7, 11) is 0. The molecule has 184 valence electrons. The predicted molar refractivity (Wildman–Crippen MR) is 142 cm³/mol. The van der Waals surface area contributed by atoms with Crippen LogP contribution >= 0.6 is 23.8 Å². The number of anilines is 1. The molecule has 4 aromatic rings. The summed E-state index contributed by atoms with van der Waals surface area (Å²) in [6.45, 7) is 2.33. The van der Waals surface area contributed by atoms with E-state index >= 15 is 0 Å². The van der Waals surface area contributed by atoms with Gasteiger partial charge < -0.3 is 9.80 Å². The molecule has 0 N–H and O–H groups in total. The van der Waals surface area contributed by atoms with E-state index in [0.717, 1.165) is 11.1 Å². The number of rotatable bonds is 5. The van der Waals surface area contributed by atoms with Crippen LogP contribution in [0, 0.1) is 5.82 Å². The summed E-state index contributed by atoms with van der Waals surface area (Å²) in [6, 6.07) is 19.3. The van der Waals surface area contributed by atoms with Crippen LogP contribution in [0.15, 0.2) is 66.7 Å². The number of hydrogen-bond donors (Lipinski definition) is 0. The molecule has 1 saturated heterocycles. The van der Waals surface area contributed by atoms with Crippen LogP contribution in [0.25, 0.3) is 22.3 Å². The third kappa shape index (κ3) is 5.22. The molecule has 10 heteroatoms. The number of piperazine rings is 1. The smallest absolute Gasteiger partial charge is 0.200 e. The lowest BCUT2D eigenvalue weighted by molar-refractivity contribution is 0.0927. The van der Waals surface area contributed by atoms with Gasteiger partial charge in [0.1, 0.15) is 17.2 Å². The van der Waals surface area contributed by atoms with Crippen molar-refractivity contribution in [2.75, 3.05) is 31.1 Å².